The molecule has 0 aliphatic rings. The summed E-state index contributed by atoms with van der Waals surface area (Å²) in [6.45, 7) is 0. The predicted octanol–water partition coefficient (Wildman–Crippen LogP) is 2.56. The van der Waals surface area contributed by atoms with Gasteiger partial charge in [-0.3, -0.25) is 10.1 Å². The number of hydrogen-bond donors (Lipinski definition) is 2. The maximum Gasteiger partial charge on any atom is 0.311 e. The molecule has 0 spiro atoms. The normalized spacial score (nSPS) is 10.9. The first kappa shape index (κ1) is 12.8. The number of hydrogen-bond acceptors (Lipinski definition) is 5. The van der Waals surface area contributed by atoms with Crippen molar-refractivity contribution in [3.8, 4) is 0 Å². The van der Waals surface area contributed by atoms with E-state index in [0.717, 1.165) is 6.42 Å². The Balaban J connectivity index is 3.09. The monoisotopic (exact) mass is 259 g/mol. The molecule has 0 saturated carbocycles. The molecule has 2 N–H and O–H groups in total. The molecule has 7 heteroatoms. The second-order valence-corrected chi connectivity index (χ2v) is 3.75. The van der Waals surface area contributed by atoms with Crippen LogP contribution in [-0.4, -0.2) is 15.7 Å². The molecule has 0 aromatic carbocycles. The predicted molar refractivity (Wildman–Crippen MR) is 67.8 cm³/mol. The minimum absolute atomic E-state index is 0.151. The van der Waals surface area contributed by atoms with Crippen molar-refractivity contribution >= 4 is 41.8 Å². The Morgan fingerprint density at radius 1 is 1.69 bits per heavy atom. The Morgan fingerprint density at radius 2 is 2.38 bits per heavy atom. The van der Waals surface area contributed by atoms with Gasteiger partial charge in [-0.1, -0.05) is 23.8 Å². The fraction of sp³-hybridized carbons (Fsp3) is 0.222. The lowest BCUT2D eigenvalue weighted by atomic mass is 10.2. The number of aromatic nitrogens is 1. The van der Waals surface area contributed by atoms with Crippen LogP contribution in [0.25, 0.3) is 6.08 Å². The van der Waals surface area contributed by atoms with Crippen molar-refractivity contribution < 1.29 is 4.92 Å². The summed E-state index contributed by atoms with van der Waals surface area (Å²) in [6, 6.07) is 1.31. The van der Waals surface area contributed by atoms with E-state index in [9.17, 15) is 10.1 Å². The van der Waals surface area contributed by atoms with E-state index in [4.69, 9.17) is 17.3 Å². The summed E-state index contributed by atoms with van der Waals surface area (Å²) >= 11 is 9.84. The molecule has 0 amide bonds. The minimum atomic E-state index is -0.589. The number of rotatable bonds is 4. The van der Waals surface area contributed by atoms with Crippen molar-refractivity contribution in [1.82, 2.24) is 4.98 Å². The third kappa shape index (κ3) is 3.11. The van der Waals surface area contributed by atoms with Gasteiger partial charge in [0.05, 0.1) is 4.92 Å². The molecule has 0 unspecified atom stereocenters. The van der Waals surface area contributed by atoms with Gasteiger partial charge in [0.1, 0.15) is 5.15 Å². The van der Waals surface area contributed by atoms with Gasteiger partial charge in [-0.2, -0.15) is 12.6 Å². The number of nitrogen functional groups attached to an aromatic ring is 1. The Labute approximate surface area is 103 Å². The van der Waals surface area contributed by atoms with Crippen LogP contribution in [0, 0.1) is 10.1 Å². The first-order valence-electron chi connectivity index (χ1n) is 4.44. The summed E-state index contributed by atoms with van der Waals surface area (Å²) in [4.78, 5) is 13.7. The van der Waals surface area contributed by atoms with E-state index in [1.165, 1.54) is 6.07 Å². The molecule has 0 aliphatic carbocycles. The van der Waals surface area contributed by atoms with E-state index in [-0.39, 0.29) is 16.7 Å². The molecule has 0 aliphatic heterocycles. The van der Waals surface area contributed by atoms with Gasteiger partial charge in [-0.25, -0.2) is 4.98 Å². The fourth-order valence-corrected chi connectivity index (χ4v) is 1.41. The molecule has 1 aromatic rings. The first-order valence-corrected chi connectivity index (χ1v) is 5.45. The third-order valence-corrected chi connectivity index (χ3v) is 2.36. The second-order valence-electron chi connectivity index (χ2n) is 2.94. The van der Waals surface area contributed by atoms with Gasteiger partial charge in [0.25, 0.3) is 0 Å². The highest BCUT2D eigenvalue weighted by Crippen LogP contribution is 2.26. The quantitative estimate of drug-likeness (QED) is 0.377. The molecule has 0 bridgehead atoms. The van der Waals surface area contributed by atoms with E-state index in [2.05, 4.69) is 17.6 Å². The number of anilines is 1. The molecular formula is C9H10ClN3O2S. The van der Waals surface area contributed by atoms with Crippen LogP contribution in [0.1, 0.15) is 12.0 Å². The highest BCUT2D eigenvalue weighted by Gasteiger charge is 2.15. The number of thiol groups is 1. The highest BCUT2D eigenvalue weighted by molar-refractivity contribution is 7.80. The van der Waals surface area contributed by atoms with Crippen LogP contribution in [0.15, 0.2) is 12.1 Å². The van der Waals surface area contributed by atoms with Crippen LogP contribution >= 0.6 is 24.2 Å². The van der Waals surface area contributed by atoms with Crippen LogP contribution in [0.5, 0.6) is 0 Å². The first-order chi connectivity index (χ1) is 7.56. The zero-order valence-electron chi connectivity index (χ0n) is 8.26. The molecule has 16 heavy (non-hydrogen) atoms. The maximum atomic E-state index is 10.6. The summed E-state index contributed by atoms with van der Waals surface area (Å²) in [5.41, 5.74) is 5.61. The Bertz CT molecular complexity index is 437. The van der Waals surface area contributed by atoms with Gasteiger partial charge in [0.15, 0.2) is 0 Å². The van der Waals surface area contributed by atoms with Gasteiger partial charge in [0.2, 0.25) is 5.82 Å². The number of allylic oxidation sites excluding steroid dienone is 1. The molecule has 5 nitrogen and oxygen atoms in total. The van der Waals surface area contributed by atoms with Crippen LogP contribution < -0.4 is 5.73 Å². The average molecular weight is 260 g/mol. The molecule has 1 heterocycles. The van der Waals surface area contributed by atoms with E-state index in [1.807, 2.05) is 6.08 Å². The standard InChI is InChI=1S/C9H10ClN3O2S/c10-8-6(3-1-2-4-16)5-7(13(14)15)9(11)12-8/h1,3,5,16H,2,4H2,(H2,11,12). The summed E-state index contributed by atoms with van der Waals surface area (Å²) in [5.74, 6) is 0.514. The zero-order chi connectivity index (χ0) is 12.1. The summed E-state index contributed by atoms with van der Waals surface area (Å²) < 4.78 is 0. The van der Waals surface area contributed by atoms with Gasteiger partial charge in [0, 0.05) is 11.6 Å². The van der Waals surface area contributed by atoms with Gasteiger partial charge in [-0.05, 0) is 12.2 Å². The van der Waals surface area contributed by atoms with Gasteiger partial charge in [-0.15, -0.1) is 0 Å². The highest BCUT2D eigenvalue weighted by atomic mass is 35.5. The molecule has 86 valence electrons. The molecule has 0 atom stereocenters. The SMILES string of the molecule is Nc1nc(Cl)c(C=CCCS)cc1[N+](=O)[O-]. The Morgan fingerprint density at radius 3 is 2.94 bits per heavy atom. The van der Waals surface area contributed by atoms with Crippen LogP contribution in [0.3, 0.4) is 0 Å². The minimum Gasteiger partial charge on any atom is -0.378 e. The lowest BCUT2D eigenvalue weighted by Crippen LogP contribution is -1.99. The second kappa shape index (κ2) is 5.72. The number of halogens is 1. The molecule has 0 fully saturated rings. The summed E-state index contributed by atoms with van der Waals surface area (Å²) in [5, 5.41) is 10.8. The van der Waals surface area contributed by atoms with E-state index in [1.54, 1.807) is 6.08 Å². The van der Waals surface area contributed by atoms with Gasteiger partial charge < -0.3 is 5.73 Å². The number of nitrogens with two attached hydrogens (primary N) is 1. The van der Waals surface area contributed by atoms with Crippen molar-refractivity contribution in [2.75, 3.05) is 11.5 Å². The Kier molecular flexibility index (Phi) is 4.57. The lowest BCUT2D eigenvalue weighted by Gasteiger charge is -2.00. The van der Waals surface area contributed by atoms with E-state index < -0.39 is 4.92 Å². The lowest BCUT2D eigenvalue weighted by molar-refractivity contribution is -0.384. The largest absolute Gasteiger partial charge is 0.378 e. The fourth-order valence-electron chi connectivity index (χ4n) is 1.06. The summed E-state index contributed by atoms with van der Waals surface area (Å²) in [6.07, 6.45) is 4.23. The smallest absolute Gasteiger partial charge is 0.311 e. The molecular weight excluding hydrogens is 250 g/mol. The van der Waals surface area contributed by atoms with Gasteiger partial charge >= 0.3 is 5.69 Å². The maximum absolute atomic E-state index is 10.6. The van der Waals surface area contributed by atoms with Crippen LogP contribution in [0.4, 0.5) is 11.5 Å². The topological polar surface area (TPSA) is 82.0 Å². The van der Waals surface area contributed by atoms with Crippen molar-refractivity contribution in [1.29, 1.82) is 0 Å². The number of nitro groups is 1. The number of pyridine rings is 1. The van der Waals surface area contributed by atoms with Crippen LogP contribution in [-0.2, 0) is 0 Å². The third-order valence-electron chi connectivity index (χ3n) is 1.80. The van der Waals surface area contributed by atoms with Crippen molar-refractivity contribution in [3.63, 3.8) is 0 Å². The van der Waals surface area contributed by atoms with Crippen molar-refractivity contribution in [3.05, 3.63) is 33.0 Å². The molecule has 0 radical (unpaired) electrons. The molecule has 1 aromatic heterocycles. The van der Waals surface area contributed by atoms with Crippen LogP contribution in [0.2, 0.25) is 5.15 Å². The molecule has 0 saturated heterocycles. The zero-order valence-corrected chi connectivity index (χ0v) is 9.91. The molecule has 1 rings (SSSR count). The van der Waals surface area contributed by atoms with E-state index >= 15 is 0 Å². The van der Waals surface area contributed by atoms with Crippen molar-refractivity contribution in [2.24, 2.45) is 0 Å². The van der Waals surface area contributed by atoms with Crippen molar-refractivity contribution in [2.45, 2.75) is 6.42 Å². The van der Waals surface area contributed by atoms with E-state index in [0.29, 0.717) is 11.3 Å². The summed E-state index contributed by atoms with van der Waals surface area (Å²) in [7, 11) is 0. The number of nitrogens with zero attached hydrogens (tertiary/aromatic N) is 2. The Hall–Kier alpha value is -1.27. The average Bonchev–Trinajstić information content (AvgIpc) is 2.21.